The first-order valence-electron chi connectivity index (χ1n) is 6.17. The van der Waals surface area contributed by atoms with Crippen LogP contribution in [0.25, 0.3) is 11.3 Å². The van der Waals surface area contributed by atoms with Crippen molar-refractivity contribution in [1.29, 1.82) is 0 Å². The lowest BCUT2D eigenvalue weighted by Crippen LogP contribution is -2.08. The number of benzene rings is 1. The lowest BCUT2D eigenvalue weighted by molar-refractivity contribution is 0.630. The Labute approximate surface area is 106 Å². The van der Waals surface area contributed by atoms with Crippen LogP contribution in [0, 0.1) is 12.7 Å². The van der Waals surface area contributed by atoms with Gasteiger partial charge in [0.1, 0.15) is 11.6 Å². The number of nitrogens with zero attached hydrogens (tertiary/aromatic N) is 1. The van der Waals surface area contributed by atoms with Crippen LogP contribution < -0.4 is 5.32 Å². The summed E-state index contributed by atoms with van der Waals surface area (Å²) in [6.07, 6.45) is 1.89. The van der Waals surface area contributed by atoms with Gasteiger partial charge in [-0.25, -0.2) is 9.37 Å². The highest BCUT2D eigenvalue weighted by Gasteiger charge is 2.12. The number of aromatic nitrogens is 2. The fourth-order valence-electron chi connectivity index (χ4n) is 1.99. The number of rotatable bonds is 5. The summed E-state index contributed by atoms with van der Waals surface area (Å²) >= 11 is 0. The van der Waals surface area contributed by atoms with E-state index in [1.807, 2.05) is 20.0 Å². The molecule has 0 saturated heterocycles. The first-order chi connectivity index (χ1) is 8.72. The topological polar surface area (TPSA) is 40.7 Å². The Balaban J connectivity index is 2.22. The summed E-state index contributed by atoms with van der Waals surface area (Å²) in [7, 11) is 1.93. The molecule has 0 atom stereocenters. The van der Waals surface area contributed by atoms with Crippen molar-refractivity contribution < 1.29 is 4.39 Å². The van der Waals surface area contributed by atoms with Crippen LogP contribution >= 0.6 is 0 Å². The normalized spacial score (nSPS) is 10.8. The predicted octanol–water partition coefficient (Wildman–Crippen LogP) is 2.68. The number of hydrogen-bond acceptors (Lipinski definition) is 2. The van der Waals surface area contributed by atoms with Crippen molar-refractivity contribution >= 4 is 0 Å². The van der Waals surface area contributed by atoms with Gasteiger partial charge in [-0.1, -0.05) is 12.1 Å². The molecule has 2 aromatic rings. The van der Waals surface area contributed by atoms with Crippen molar-refractivity contribution in [1.82, 2.24) is 15.3 Å². The second-order valence-electron chi connectivity index (χ2n) is 4.34. The zero-order chi connectivity index (χ0) is 13.0. The summed E-state index contributed by atoms with van der Waals surface area (Å²) in [6, 6.07) is 6.74. The molecule has 0 aliphatic carbocycles. The largest absolute Gasteiger partial charge is 0.346 e. The van der Waals surface area contributed by atoms with E-state index in [2.05, 4.69) is 15.3 Å². The highest BCUT2D eigenvalue weighted by molar-refractivity contribution is 5.62. The van der Waals surface area contributed by atoms with E-state index in [9.17, 15) is 4.39 Å². The number of nitrogens with one attached hydrogen (secondary N) is 2. The van der Waals surface area contributed by atoms with E-state index in [4.69, 9.17) is 0 Å². The molecule has 3 nitrogen and oxygen atoms in total. The van der Waals surface area contributed by atoms with Gasteiger partial charge in [0.05, 0.1) is 5.69 Å². The van der Waals surface area contributed by atoms with Crippen molar-refractivity contribution in [2.45, 2.75) is 19.8 Å². The van der Waals surface area contributed by atoms with Crippen LogP contribution in [0.15, 0.2) is 24.3 Å². The molecule has 2 rings (SSSR count). The highest BCUT2D eigenvalue weighted by atomic mass is 19.1. The van der Waals surface area contributed by atoms with Gasteiger partial charge in [-0.3, -0.25) is 0 Å². The predicted molar refractivity (Wildman–Crippen MR) is 71.0 cm³/mol. The zero-order valence-corrected chi connectivity index (χ0v) is 10.8. The molecule has 0 bridgehead atoms. The molecule has 0 aliphatic heterocycles. The molecule has 18 heavy (non-hydrogen) atoms. The van der Waals surface area contributed by atoms with Gasteiger partial charge in [-0.15, -0.1) is 0 Å². The van der Waals surface area contributed by atoms with Gasteiger partial charge in [-0.2, -0.15) is 0 Å². The summed E-state index contributed by atoms with van der Waals surface area (Å²) in [6.45, 7) is 2.88. The number of imidazole rings is 1. The van der Waals surface area contributed by atoms with E-state index in [-0.39, 0.29) is 5.82 Å². The van der Waals surface area contributed by atoms with Crippen LogP contribution in [0.2, 0.25) is 0 Å². The van der Waals surface area contributed by atoms with Gasteiger partial charge in [-0.05, 0) is 39.1 Å². The van der Waals surface area contributed by atoms with E-state index in [0.717, 1.165) is 30.9 Å². The SMILES string of the molecule is CNCCCc1nc(-c2ccccc2F)c(C)[nH]1. The zero-order valence-electron chi connectivity index (χ0n) is 10.8. The van der Waals surface area contributed by atoms with Gasteiger partial charge in [0.2, 0.25) is 0 Å². The summed E-state index contributed by atoms with van der Waals surface area (Å²) in [5.74, 6) is 0.690. The molecule has 0 unspecified atom stereocenters. The number of aryl methyl sites for hydroxylation is 2. The monoisotopic (exact) mass is 247 g/mol. The molecule has 96 valence electrons. The van der Waals surface area contributed by atoms with Crippen LogP contribution in [0.4, 0.5) is 4.39 Å². The van der Waals surface area contributed by atoms with Crippen LogP contribution in [0.5, 0.6) is 0 Å². The Morgan fingerprint density at radius 3 is 2.83 bits per heavy atom. The van der Waals surface area contributed by atoms with Gasteiger partial charge >= 0.3 is 0 Å². The van der Waals surface area contributed by atoms with Crippen LogP contribution in [0.1, 0.15) is 17.9 Å². The number of halogens is 1. The Morgan fingerprint density at radius 2 is 2.11 bits per heavy atom. The van der Waals surface area contributed by atoms with Crippen molar-refractivity contribution in [2.24, 2.45) is 0 Å². The maximum Gasteiger partial charge on any atom is 0.132 e. The Hall–Kier alpha value is -1.68. The summed E-state index contributed by atoms with van der Waals surface area (Å²) in [5, 5.41) is 3.10. The molecular formula is C14H18FN3. The quantitative estimate of drug-likeness (QED) is 0.797. The van der Waals surface area contributed by atoms with E-state index in [1.165, 1.54) is 6.07 Å². The molecule has 4 heteroatoms. The highest BCUT2D eigenvalue weighted by Crippen LogP contribution is 2.24. The standard InChI is InChI=1S/C14H18FN3/c1-10-14(11-6-3-4-7-12(11)15)18-13(17-10)8-5-9-16-2/h3-4,6-7,16H,5,8-9H2,1-2H3,(H,17,18). The van der Waals surface area contributed by atoms with Crippen LogP contribution in [0.3, 0.4) is 0 Å². The van der Waals surface area contributed by atoms with Crippen molar-refractivity contribution in [2.75, 3.05) is 13.6 Å². The second kappa shape index (κ2) is 5.78. The van der Waals surface area contributed by atoms with E-state index < -0.39 is 0 Å². The molecule has 0 saturated carbocycles. The third-order valence-corrected chi connectivity index (χ3v) is 2.90. The molecular weight excluding hydrogens is 229 g/mol. The third-order valence-electron chi connectivity index (χ3n) is 2.90. The van der Waals surface area contributed by atoms with Crippen molar-refractivity contribution in [3.8, 4) is 11.3 Å². The smallest absolute Gasteiger partial charge is 0.132 e. The fraction of sp³-hybridized carbons (Fsp3) is 0.357. The molecule has 2 N–H and O–H groups in total. The van der Waals surface area contributed by atoms with Gasteiger partial charge in [0.15, 0.2) is 0 Å². The number of H-pyrrole nitrogens is 1. The van der Waals surface area contributed by atoms with Crippen molar-refractivity contribution in [3.05, 3.63) is 41.6 Å². The average molecular weight is 247 g/mol. The minimum Gasteiger partial charge on any atom is -0.346 e. The minimum atomic E-state index is -0.228. The number of hydrogen-bond donors (Lipinski definition) is 2. The third kappa shape index (κ3) is 2.76. The van der Waals surface area contributed by atoms with Crippen molar-refractivity contribution in [3.63, 3.8) is 0 Å². The van der Waals surface area contributed by atoms with E-state index in [1.54, 1.807) is 12.1 Å². The fourth-order valence-corrected chi connectivity index (χ4v) is 1.99. The molecule has 1 heterocycles. The molecule has 1 aromatic carbocycles. The molecule has 0 spiro atoms. The maximum absolute atomic E-state index is 13.7. The van der Waals surface area contributed by atoms with E-state index >= 15 is 0 Å². The van der Waals surface area contributed by atoms with Gasteiger partial charge in [0.25, 0.3) is 0 Å². The first kappa shape index (κ1) is 12.8. The summed E-state index contributed by atoms with van der Waals surface area (Å²) < 4.78 is 13.7. The minimum absolute atomic E-state index is 0.228. The van der Waals surface area contributed by atoms with Gasteiger partial charge in [0, 0.05) is 17.7 Å². The summed E-state index contributed by atoms with van der Waals surface area (Å²) in [4.78, 5) is 7.71. The van der Waals surface area contributed by atoms with Crippen LogP contribution in [-0.4, -0.2) is 23.6 Å². The first-order valence-corrected chi connectivity index (χ1v) is 6.17. The molecule has 1 aromatic heterocycles. The lowest BCUT2D eigenvalue weighted by Gasteiger charge is -1.99. The molecule has 0 radical (unpaired) electrons. The maximum atomic E-state index is 13.7. The van der Waals surface area contributed by atoms with E-state index in [0.29, 0.717) is 11.3 Å². The molecule has 0 amide bonds. The number of aromatic amines is 1. The molecule has 0 fully saturated rings. The Bertz CT molecular complexity index is 520. The summed E-state index contributed by atoms with van der Waals surface area (Å²) in [5.41, 5.74) is 2.19. The van der Waals surface area contributed by atoms with Crippen LogP contribution in [-0.2, 0) is 6.42 Å². The molecule has 0 aliphatic rings. The van der Waals surface area contributed by atoms with Gasteiger partial charge < -0.3 is 10.3 Å². The Kier molecular flexibility index (Phi) is 4.10. The second-order valence-corrected chi connectivity index (χ2v) is 4.34. The lowest BCUT2D eigenvalue weighted by atomic mass is 10.1. The average Bonchev–Trinajstić information content (AvgIpc) is 2.71. The Morgan fingerprint density at radius 1 is 1.33 bits per heavy atom.